The van der Waals surface area contributed by atoms with Gasteiger partial charge in [0, 0.05) is 10.7 Å². The van der Waals surface area contributed by atoms with Crippen LogP contribution < -0.4 is 0 Å². The van der Waals surface area contributed by atoms with Crippen molar-refractivity contribution >= 4 is 26.8 Å². The summed E-state index contributed by atoms with van der Waals surface area (Å²) in [4.78, 5) is 0. The summed E-state index contributed by atoms with van der Waals surface area (Å²) < 4.78 is 0. The molecule has 0 saturated heterocycles. The fraction of sp³-hybridized carbons (Fsp3) is 0.364. The fourth-order valence-electron chi connectivity index (χ4n) is 1.73. The van der Waals surface area contributed by atoms with E-state index in [0.717, 1.165) is 22.0 Å². The van der Waals surface area contributed by atoms with Crippen LogP contribution >= 0.6 is 15.9 Å². The van der Waals surface area contributed by atoms with Crippen LogP contribution in [0.4, 0.5) is 0 Å². The molecule has 0 radical (unpaired) electrons. The molecular formula is C11H13BrN2O2. The van der Waals surface area contributed by atoms with Crippen molar-refractivity contribution in [1.82, 2.24) is 10.2 Å². The highest BCUT2D eigenvalue weighted by molar-refractivity contribution is 9.09. The van der Waals surface area contributed by atoms with Gasteiger partial charge in [0.1, 0.15) is 6.10 Å². The van der Waals surface area contributed by atoms with E-state index in [9.17, 15) is 10.2 Å². The van der Waals surface area contributed by atoms with E-state index in [4.69, 9.17) is 0 Å². The first kappa shape index (κ1) is 11.6. The lowest BCUT2D eigenvalue weighted by Crippen LogP contribution is -2.20. The van der Waals surface area contributed by atoms with E-state index in [1.165, 1.54) is 0 Å². The Balaban J connectivity index is 2.46. The quantitative estimate of drug-likeness (QED) is 0.751. The lowest BCUT2D eigenvalue weighted by Gasteiger charge is -2.18. The van der Waals surface area contributed by atoms with Crippen molar-refractivity contribution in [3.05, 3.63) is 29.5 Å². The van der Waals surface area contributed by atoms with Gasteiger partial charge < -0.3 is 10.2 Å². The Labute approximate surface area is 101 Å². The van der Waals surface area contributed by atoms with Crippen molar-refractivity contribution in [2.24, 2.45) is 0 Å². The van der Waals surface area contributed by atoms with Crippen molar-refractivity contribution in [2.75, 3.05) is 5.33 Å². The number of aromatic nitrogens is 2. The van der Waals surface area contributed by atoms with Gasteiger partial charge in [-0.25, -0.2) is 0 Å². The highest BCUT2D eigenvalue weighted by Gasteiger charge is 2.19. The second-order valence-electron chi connectivity index (χ2n) is 3.83. The van der Waals surface area contributed by atoms with E-state index in [1.807, 2.05) is 19.1 Å². The Kier molecular flexibility index (Phi) is 3.28. The van der Waals surface area contributed by atoms with Gasteiger partial charge in [0.05, 0.1) is 17.8 Å². The van der Waals surface area contributed by atoms with Gasteiger partial charge in [-0.2, -0.15) is 5.10 Å². The molecule has 2 atom stereocenters. The molecule has 0 spiro atoms. The van der Waals surface area contributed by atoms with Gasteiger partial charge in [0.25, 0.3) is 0 Å². The minimum absolute atomic E-state index is 0.344. The lowest BCUT2D eigenvalue weighted by atomic mass is 9.98. The molecule has 16 heavy (non-hydrogen) atoms. The molecule has 0 fully saturated rings. The van der Waals surface area contributed by atoms with Crippen molar-refractivity contribution in [2.45, 2.75) is 19.1 Å². The molecule has 2 aromatic rings. The summed E-state index contributed by atoms with van der Waals surface area (Å²) in [6.45, 7) is 1.90. The molecule has 1 heterocycles. The van der Waals surface area contributed by atoms with E-state index in [-0.39, 0.29) is 0 Å². The summed E-state index contributed by atoms with van der Waals surface area (Å²) in [5, 5.41) is 27.6. The van der Waals surface area contributed by atoms with Crippen molar-refractivity contribution < 1.29 is 10.2 Å². The SMILES string of the molecule is Cc1cc2[nH]ncc2cc1C(O)C(O)CBr. The second kappa shape index (κ2) is 4.53. The smallest absolute Gasteiger partial charge is 0.106 e. The minimum Gasteiger partial charge on any atom is -0.389 e. The molecular weight excluding hydrogens is 272 g/mol. The molecule has 1 aromatic heterocycles. The van der Waals surface area contributed by atoms with E-state index in [0.29, 0.717) is 5.33 Å². The van der Waals surface area contributed by atoms with Crippen LogP contribution in [0.3, 0.4) is 0 Å². The number of H-pyrrole nitrogens is 1. The third kappa shape index (κ3) is 1.98. The standard InChI is InChI=1S/C11H13BrN2O2/c1-6-2-9-7(5-13-14-9)3-8(6)11(16)10(15)4-12/h2-3,5,10-11,15-16H,4H2,1H3,(H,13,14). The van der Waals surface area contributed by atoms with Gasteiger partial charge in [0.15, 0.2) is 0 Å². The first-order chi connectivity index (χ1) is 7.63. The number of benzene rings is 1. The van der Waals surface area contributed by atoms with Crippen molar-refractivity contribution in [3.63, 3.8) is 0 Å². The number of fused-ring (bicyclic) bond motifs is 1. The van der Waals surface area contributed by atoms with Gasteiger partial charge in [0.2, 0.25) is 0 Å². The predicted octanol–water partition coefficient (Wildman–Crippen LogP) is 1.66. The molecule has 0 aliphatic heterocycles. The molecule has 3 N–H and O–H groups in total. The second-order valence-corrected chi connectivity index (χ2v) is 4.48. The van der Waals surface area contributed by atoms with Crippen LogP contribution in [0, 0.1) is 6.92 Å². The number of hydrogen-bond donors (Lipinski definition) is 3. The van der Waals surface area contributed by atoms with Crippen LogP contribution in [-0.2, 0) is 0 Å². The first-order valence-electron chi connectivity index (χ1n) is 4.99. The third-order valence-corrected chi connectivity index (χ3v) is 3.33. The Bertz CT molecular complexity index is 498. The molecule has 0 aliphatic rings. The molecule has 0 aliphatic carbocycles. The number of nitrogens with one attached hydrogen (secondary N) is 1. The zero-order valence-electron chi connectivity index (χ0n) is 8.81. The minimum atomic E-state index is -0.876. The number of aliphatic hydroxyl groups excluding tert-OH is 2. The van der Waals surface area contributed by atoms with Crippen LogP contribution in [-0.4, -0.2) is 31.8 Å². The maximum Gasteiger partial charge on any atom is 0.106 e. The summed E-state index contributed by atoms with van der Waals surface area (Å²) in [5.41, 5.74) is 2.60. The van der Waals surface area contributed by atoms with Crippen LogP contribution in [0.15, 0.2) is 18.3 Å². The van der Waals surface area contributed by atoms with Crippen LogP contribution in [0.5, 0.6) is 0 Å². The van der Waals surface area contributed by atoms with Crippen molar-refractivity contribution in [1.29, 1.82) is 0 Å². The average molecular weight is 285 g/mol. The van der Waals surface area contributed by atoms with E-state index in [2.05, 4.69) is 26.1 Å². The number of halogens is 1. The van der Waals surface area contributed by atoms with Gasteiger partial charge in [-0.15, -0.1) is 0 Å². The number of rotatable bonds is 3. The monoisotopic (exact) mass is 284 g/mol. The van der Waals surface area contributed by atoms with E-state index < -0.39 is 12.2 Å². The Hall–Kier alpha value is -0.910. The van der Waals surface area contributed by atoms with Gasteiger partial charge in [-0.05, 0) is 30.2 Å². The Morgan fingerprint density at radius 2 is 2.19 bits per heavy atom. The first-order valence-corrected chi connectivity index (χ1v) is 6.11. The van der Waals surface area contributed by atoms with Crippen molar-refractivity contribution in [3.8, 4) is 0 Å². The largest absolute Gasteiger partial charge is 0.389 e. The van der Waals surface area contributed by atoms with E-state index in [1.54, 1.807) is 6.20 Å². The maximum absolute atomic E-state index is 9.96. The van der Waals surface area contributed by atoms with Crippen LogP contribution in [0.2, 0.25) is 0 Å². The highest BCUT2D eigenvalue weighted by Crippen LogP contribution is 2.25. The number of nitrogens with zero attached hydrogens (tertiary/aromatic N) is 1. The zero-order chi connectivity index (χ0) is 11.7. The molecule has 1 aromatic carbocycles. The summed E-state index contributed by atoms with van der Waals surface area (Å²) in [6.07, 6.45) is 0.0210. The van der Waals surface area contributed by atoms with Crippen LogP contribution in [0.1, 0.15) is 17.2 Å². The highest BCUT2D eigenvalue weighted by atomic mass is 79.9. The van der Waals surface area contributed by atoms with Gasteiger partial charge >= 0.3 is 0 Å². The zero-order valence-corrected chi connectivity index (χ0v) is 10.4. The third-order valence-electron chi connectivity index (χ3n) is 2.67. The summed E-state index contributed by atoms with van der Waals surface area (Å²) in [5.74, 6) is 0. The normalized spacial score (nSPS) is 15.2. The fourth-order valence-corrected chi connectivity index (χ4v) is 2.08. The number of aromatic amines is 1. The average Bonchev–Trinajstić information content (AvgIpc) is 2.72. The summed E-state index contributed by atoms with van der Waals surface area (Å²) in [6, 6.07) is 3.77. The maximum atomic E-state index is 9.96. The molecule has 4 nitrogen and oxygen atoms in total. The number of aryl methyl sites for hydroxylation is 1. The van der Waals surface area contributed by atoms with Gasteiger partial charge in [-0.3, -0.25) is 5.10 Å². The Morgan fingerprint density at radius 1 is 1.44 bits per heavy atom. The molecule has 2 unspecified atom stereocenters. The van der Waals surface area contributed by atoms with E-state index >= 15 is 0 Å². The summed E-state index contributed by atoms with van der Waals surface area (Å²) in [7, 11) is 0. The molecule has 86 valence electrons. The molecule has 0 bridgehead atoms. The van der Waals surface area contributed by atoms with Gasteiger partial charge in [-0.1, -0.05) is 15.9 Å². The predicted molar refractivity (Wildman–Crippen MR) is 65.6 cm³/mol. The molecule has 0 saturated carbocycles. The molecule has 5 heteroatoms. The van der Waals surface area contributed by atoms with Crippen LogP contribution in [0.25, 0.3) is 10.9 Å². The number of hydrogen-bond acceptors (Lipinski definition) is 3. The molecule has 2 rings (SSSR count). The topological polar surface area (TPSA) is 69.1 Å². The molecule has 0 amide bonds. The number of aliphatic hydroxyl groups is 2. The Morgan fingerprint density at radius 3 is 2.88 bits per heavy atom. The lowest BCUT2D eigenvalue weighted by molar-refractivity contribution is 0.0339. The summed E-state index contributed by atoms with van der Waals surface area (Å²) >= 11 is 3.15. The number of alkyl halides is 1.